The van der Waals surface area contributed by atoms with E-state index >= 15 is 0 Å². The zero-order valence-corrected chi connectivity index (χ0v) is 19.4. The summed E-state index contributed by atoms with van der Waals surface area (Å²) in [5.41, 5.74) is 7.49. The lowest BCUT2D eigenvalue weighted by Crippen LogP contribution is -2.42. The molecule has 2 nitrogen and oxygen atoms in total. The molecular weight excluding hydrogens is 431 g/mol. The average molecular weight is 462 g/mol. The predicted octanol–water partition coefficient (Wildman–Crippen LogP) is 6.45. The van der Waals surface area contributed by atoms with E-state index < -0.39 is 0 Å². The summed E-state index contributed by atoms with van der Waals surface area (Å²) in [5.74, 6) is 0. The smallest absolute Gasteiger partial charge is 0.0950 e. The van der Waals surface area contributed by atoms with Crippen LogP contribution in [0.25, 0.3) is 0 Å². The minimum atomic E-state index is 0. The van der Waals surface area contributed by atoms with Gasteiger partial charge < -0.3 is 9.80 Å². The summed E-state index contributed by atoms with van der Waals surface area (Å²) in [6, 6.07) is 15.7. The van der Waals surface area contributed by atoms with Gasteiger partial charge in [0.25, 0.3) is 0 Å². The molecule has 2 aromatic carbocycles. The number of halogens is 1. The Morgan fingerprint density at radius 2 is 1.27 bits per heavy atom. The zero-order valence-electron chi connectivity index (χ0n) is 17.1. The van der Waals surface area contributed by atoms with Crippen LogP contribution in [-0.4, -0.2) is 13.7 Å². The Kier molecular flexibility index (Phi) is 4.42. The number of anilines is 3. The third-order valence-electron chi connectivity index (χ3n) is 7.71. The first-order valence-corrected chi connectivity index (χ1v) is 9.32. The van der Waals surface area contributed by atoms with Gasteiger partial charge in [0.1, 0.15) is 0 Å². The van der Waals surface area contributed by atoms with Crippen molar-refractivity contribution in [1.82, 2.24) is 0 Å². The molecule has 2 aliphatic rings. The molecule has 0 radical (unpaired) electrons. The molecule has 0 saturated heterocycles. The maximum atomic E-state index is 2.47. The molecule has 140 valence electrons. The molecule has 0 N–H and O–H groups in total. The molecular formula is C23H31IN2. The molecule has 3 heteroatoms. The third kappa shape index (κ3) is 2.28. The standard InChI is InChI=1S/C23H30N2.HI/c1-21(2)17-13-19-20(14-18(17)22(3,4)23(21,5)6)25(15-24(19)7)16-11-9-8-10-12-16;/h8-14H,15H2,1-7H3;1H. The minimum Gasteiger partial charge on any atom is -0.355 e. The summed E-state index contributed by atoms with van der Waals surface area (Å²) in [6.45, 7) is 15.4. The fraction of sp³-hybridized carbons (Fsp3) is 0.478. The van der Waals surface area contributed by atoms with Gasteiger partial charge in [-0.15, -0.1) is 24.0 Å². The number of hydrogen-bond acceptors (Lipinski definition) is 2. The lowest BCUT2D eigenvalue weighted by Gasteiger charge is -2.44. The van der Waals surface area contributed by atoms with Gasteiger partial charge in [0.05, 0.1) is 18.0 Å². The summed E-state index contributed by atoms with van der Waals surface area (Å²) in [7, 11) is 2.20. The molecule has 0 aromatic heterocycles. The van der Waals surface area contributed by atoms with Crippen molar-refractivity contribution in [2.45, 2.75) is 52.4 Å². The highest BCUT2D eigenvalue weighted by molar-refractivity contribution is 14.0. The second-order valence-corrected chi connectivity index (χ2v) is 9.36. The van der Waals surface area contributed by atoms with Crippen LogP contribution in [-0.2, 0) is 10.8 Å². The van der Waals surface area contributed by atoms with Crippen LogP contribution in [0.4, 0.5) is 17.1 Å². The third-order valence-corrected chi connectivity index (χ3v) is 7.71. The topological polar surface area (TPSA) is 6.48 Å². The largest absolute Gasteiger partial charge is 0.355 e. The van der Waals surface area contributed by atoms with Gasteiger partial charge in [-0.25, -0.2) is 0 Å². The van der Waals surface area contributed by atoms with Crippen LogP contribution in [0, 0.1) is 5.41 Å². The molecule has 4 rings (SSSR count). The molecule has 0 atom stereocenters. The molecule has 0 unspecified atom stereocenters. The quantitative estimate of drug-likeness (QED) is 0.450. The normalized spacial score (nSPS) is 21.2. The highest BCUT2D eigenvalue weighted by atomic mass is 127. The Labute approximate surface area is 175 Å². The fourth-order valence-electron chi connectivity index (χ4n) is 4.78. The van der Waals surface area contributed by atoms with Crippen molar-refractivity contribution in [3.8, 4) is 0 Å². The predicted molar refractivity (Wildman–Crippen MR) is 124 cm³/mol. The number of benzene rings is 2. The van der Waals surface area contributed by atoms with E-state index in [9.17, 15) is 0 Å². The van der Waals surface area contributed by atoms with E-state index in [-0.39, 0.29) is 40.2 Å². The van der Waals surface area contributed by atoms with Crippen LogP contribution in [0.3, 0.4) is 0 Å². The van der Waals surface area contributed by atoms with E-state index in [1.165, 1.54) is 28.2 Å². The Hall–Kier alpha value is -1.23. The average Bonchev–Trinajstić information content (AvgIpc) is 2.94. The number of fused-ring (bicyclic) bond motifs is 2. The zero-order chi connectivity index (χ0) is 18.2. The van der Waals surface area contributed by atoms with Crippen molar-refractivity contribution in [3.05, 3.63) is 53.6 Å². The molecule has 1 heterocycles. The molecule has 0 saturated carbocycles. The van der Waals surface area contributed by atoms with Crippen LogP contribution >= 0.6 is 24.0 Å². The summed E-state index contributed by atoms with van der Waals surface area (Å²) in [4.78, 5) is 4.81. The van der Waals surface area contributed by atoms with Crippen molar-refractivity contribution in [1.29, 1.82) is 0 Å². The minimum absolute atomic E-state index is 0. The summed E-state index contributed by atoms with van der Waals surface area (Å²) in [5, 5.41) is 0. The SMILES string of the molecule is CN1CN(c2ccccc2)c2cc3c(cc21)C(C)(C)C(C)(C)C3(C)C.I. The Balaban J connectivity index is 0.00000196. The van der Waals surface area contributed by atoms with Crippen molar-refractivity contribution in [2.75, 3.05) is 23.5 Å². The monoisotopic (exact) mass is 462 g/mol. The van der Waals surface area contributed by atoms with Crippen LogP contribution < -0.4 is 9.80 Å². The molecule has 0 amide bonds. The second kappa shape index (κ2) is 5.88. The number of nitrogens with zero attached hydrogens (tertiary/aromatic N) is 2. The van der Waals surface area contributed by atoms with E-state index in [2.05, 4.69) is 101 Å². The summed E-state index contributed by atoms with van der Waals surface area (Å²) >= 11 is 0. The van der Waals surface area contributed by atoms with Gasteiger partial charge >= 0.3 is 0 Å². The van der Waals surface area contributed by atoms with Crippen LogP contribution in [0.1, 0.15) is 52.7 Å². The lowest BCUT2D eigenvalue weighted by atomic mass is 9.59. The van der Waals surface area contributed by atoms with Gasteiger partial charge in [-0.3, -0.25) is 0 Å². The van der Waals surface area contributed by atoms with Crippen LogP contribution in [0.15, 0.2) is 42.5 Å². The number of hydrogen-bond donors (Lipinski definition) is 0. The number of para-hydroxylation sites is 1. The molecule has 1 aliphatic heterocycles. The maximum absolute atomic E-state index is 2.47. The van der Waals surface area contributed by atoms with E-state index in [4.69, 9.17) is 0 Å². The molecule has 1 aliphatic carbocycles. The van der Waals surface area contributed by atoms with Crippen molar-refractivity contribution < 1.29 is 0 Å². The number of rotatable bonds is 1. The second-order valence-electron chi connectivity index (χ2n) is 9.36. The van der Waals surface area contributed by atoms with Gasteiger partial charge in [0.15, 0.2) is 0 Å². The molecule has 26 heavy (non-hydrogen) atoms. The molecule has 0 bridgehead atoms. The van der Waals surface area contributed by atoms with Gasteiger partial charge in [-0.1, -0.05) is 59.7 Å². The van der Waals surface area contributed by atoms with Crippen LogP contribution in [0.2, 0.25) is 0 Å². The van der Waals surface area contributed by atoms with E-state index in [1.54, 1.807) is 0 Å². The maximum Gasteiger partial charge on any atom is 0.0950 e. The summed E-state index contributed by atoms with van der Waals surface area (Å²) in [6.07, 6.45) is 0. The first-order chi connectivity index (χ1) is 11.6. The first-order valence-electron chi connectivity index (χ1n) is 9.32. The van der Waals surface area contributed by atoms with Crippen LogP contribution in [0.5, 0.6) is 0 Å². The van der Waals surface area contributed by atoms with Gasteiger partial charge in [-0.2, -0.15) is 0 Å². The van der Waals surface area contributed by atoms with Crippen molar-refractivity contribution in [2.24, 2.45) is 5.41 Å². The fourth-order valence-corrected chi connectivity index (χ4v) is 4.78. The van der Waals surface area contributed by atoms with Gasteiger partial charge in [0, 0.05) is 12.7 Å². The molecule has 0 fully saturated rings. The van der Waals surface area contributed by atoms with Crippen molar-refractivity contribution >= 4 is 41.0 Å². The molecule has 2 aromatic rings. The highest BCUT2D eigenvalue weighted by Crippen LogP contribution is 2.63. The van der Waals surface area contributed by atoms with Crippen molar-refractivity contribution in [3.63, 3.8) is 0 Å². The Morgan fingerprint density at radius 1 is 0.769 bits per heavy atom. The lowest BCUT2D eigenvalue weighted by molar-refractivity contribution is 0.125. The van der Waals surface area contributed by atoms with E-state index in [0.29, 0.717) is 0 Å². The first kappa shape index (κ1) is 19.5. The van der Waals surface area contributed by atoms with Gasteiger partial charge in [0.2, 0.25) is 0 Å². The molecule has 0 spiro atoms. The summed E-state index contributed by atoms with van der Waals surface area (Å²) < 4.78 is 0. The van der Waals surface area contributed by atoms with E-state index in [1.807, 2.05) is 0 Å². The Morgan fingerprint density at radius 3 is 1.81 bits per heavy atom. The highest BCUT2D eigenvalue weighted by Gasteiger charge is 2.57. The van der Waals surface area contributed by atoms with E-state index in [0.717, 1.165) is 6.67 Å². The van der Waals surface area contributed by atoms with Gasteiger partial charge in [-0.05, 0) is 51.6 Å². The Bertz CT molecular complexity index is 837.